The number of halogens is 1. The molecule has 1 amide bonds. The van der Waals surface area contributed by atoms with Crippen molar-refractivity contribution in [3.63, 3.8) is 0 Å². The second kappa shape index (κ2) is 11.1. The van der Waals surface area contributed by atoms with Gasteiger partial charge in [0.05, 0.1) is 12.9 Å². The maximum atomic E-state index is 12.4. The number of ether oxygens (including phenoxy) is 2. The molecule has 0 saturated carbocycles. The number of hydrogen-bond donors (Lipinski definition) is 1. The van der Waals surface area contributed by atoms with Gasteiger partial charge in [0.15, 0.2) is 17.1 Å². The molecule has 7 nitrogen and oxygen atoms in total. The van der Waals surface area contributed by atoms with Crippen molar-refractivity contribution in [2.45, 2.75) is 31.7 Å². The number of hydrogen-bond acceptors (Lipinski definition) is 6. The van der Waals surface area contributed by atoms with E-state index in [1.807, 2.05) is 42.7 Å². The Balaban J connectivity index is 1.67. The zero-order valence-corrected chi connectivity index (χ0v) is 19.7. The van der Waals surface area contributed by atoms with E-state index in [0.29, 0.717) is 39.7 Å². The SMILES string of the molecule is C=CCn1c(SCC(=O)Nc2cccc(OC)c2)nnc1C(C)Oc1ccc(Cl)c(C)c1. The first-order valence-corrected chi connectivity index (χ1v) is 11.3. The van der Waals surface area contributed by atoms with Gasteiger partial charge in [-0.05, 0) is 49.7 Å². The van der Waals surface area contributed by atoms with E-state index in [1.165, 1.54) is 11.8 Å². The Kier molecular flexibility index (Phi) is 8.19. The number of carbonyl (C=O) groups is 1. The number of rotatable bonds is 10. The molecule has 2 aromatic carbocycles. The molecule has 0 fully saturated rings. The number of thioether (sulfide) groups is 1. The van der Waals surface area contributed by atoms with Crippen molar-refractivity contribution in [3.8, 4) is 11.5 Å². The van der Waals surface area contributed by atoms with E-state index >= 15 is 0 Å². The Morgan fingerprint density at radius 3 is 2.81 bits per heavy atom. The number of amides is 1. The molecular weight excluding hydrogens is 448 g/mol. The molecule has 1 atom stereocenters. The third-order valence-corrected chi connectivity index (χ3v) is 5.94. The van der Waals surface area contributed by atoms with E-state index in [1.54, 1.807) is 31.4 Å². The number of nitrogens with zero attached hydrogens (tertiary/aromatic N) is 3. The van der Waals surface area contributed by atoms with Crippen LogP contribution in [0.2, 0.25) is 5.02 Å². The van der Waals surface area contributed by atoms with Crippen LogP contribution < -0.4 is 14.8 Å². The number of methoxy groups -OCH3 is 1. The molecule has 1 aromatic heterocycles. The van der Waals surface area contributed by atoms with Gasteiger partial charge in [0.1, 0.15) is 11.5 Å². The lowest BCUT2D eigenvalue weighted by atomic mass is 10.2. The first-order valence-electron chi connectivity index (χ1n) is 9.94. The summed E-state index contributed by atoms with van der Waals surface area (Å²) in [4.78, 5) is 12.4. The highest BCUT2D eigenvalue weighted by molar-refractivity contribution is 7.99. The van der Waals surface area contributed by atoms with Gasteiger partial charge in [0.25, 0.3) is 0 Å². The van der Waals surface area contributed by atoms with Crippen LogP contribution in [-0.4, -0.2) is 33.5 Å². The highest BCUT2D eigenvalue weighted by Crippen LogP contribution is 2.27. The summed E-state index contributed by atoms with van der Waals surface area (Å²) in [6.45, 7) is 8.14. The van der Waals surface area contributed by atoms with Crippen molar-refractivity contribution in [1.29, 1.82) is 0 Å². The zero-order valence-electron chi connectivity index (χ0n) is 18.2. The van der Waals surface area contributed by atoms with Gasteiger partial charge in [-0.3, -0.25) is 9.36 Å². The fourth-order valence-electron chi connectivity index (χ4n) is 2.98. The molecule has 0 aliphatic carbocycles. The Bertz CT molecular complexity index is 1100. The highest BCUT2D eigenvalue weighted by atomic mass is 35.5. The van der Waals surface area contributed by atoms with E-state index in [9.17, 15) is 4.79 Å². The lowest BCUT2D eigenvalue weighted by Gasteiger charge is -2.16. The Labute approximate surface area is 196 Å². The number of carbonyl (C=O) groups excluding carboxylic acids is 1. The normalized spacial score (nSPS) is 11.6. The van der Waals surface area contributed by atoms with E-state index in [2.05, 4.69) is 22.1 Å². The molecule has 0 radical (unpaired) electrons. The van der Waals surface area contributed by atoms with E-state index < -0.39 is 0 Å². The third kappa shape index (κ3) is 6.05. The minimum Gasteiger partial charge on any atom is -0.497 e. The summed E-state index contributed by atoms with van der Waals surface area (Å²) in [6.07, 6.45) is 1.40. The summed E-state index contributed by atoms with van der Waals surface area (Å²) in [7, 11) is 1.58. The van der Waals surface area contributed by atoms with Crippen molar-refractivity contribution < 1.29 is 14.3 Å². The fraction of sp³-hybridized carbons (Fsp3) is 0.261. The minimum absolute atomic E-state index is 0.154. The average molecular weight is 473 g/mol. The molecule has 3 rings (SSSR count). The molecule has 9 heteroatoms. The van der Waals surface area contributed by atoms with Gasteiger partial charge in [-0.1, -0.05) is 35.5 Å². The topological polar surface area (TPSA) is 78.3 Å². The number of nitrogens with one attached hydrogen (secondary N) is 1. The van der Waals surface area contributed by atoms with Gasteiger partial charge in [0, 0.05) is 23.3 Å². The van der Waals surface area contributed by atoms with Gasteiger partial charge < -0.3 is 14.8 Å². The van der Waals surface area contributed by atoms with Crippen LogP contribution in [0.3, 0.4) is 0 Å². The predicted octanol–water partition coefficient (Wildman–Crippen LogP) is 5.31. The summed E-state index contributed by atoms with van der Waals surface area (Å²) in [5.41, 5.74) is 1.60. The van der Waals surface area contributed by atoms with Crippen molar-refractivity contribution in [2.24, 2.45) is 0 Å². The van der Waals surface area contributed by atoms with Crippen molar-refractivity contribution in [2.75, 3.05) is 18.2 Å². The maximum Gasteiger partial charge on any atom is 0.234 e. The minimum atomic E-state index is -0.358. The van der Waals surface area contributed by atoms with Gasteiger partial charge in [-0.25, -0.2) is 0 Å². The molecule has 168 valence electrons. The second-order valence-corrected chi connectivity index (χ2v) is 8.33. The van der Waals surface area contributed by atoms with Crippen LogP contribution in [0.25, 0.3) is 0 Å². The van der Waals surface area contributed by atoms with Crippen molar-refractivity contribution in [3.05, 3.63) is 71.5 Å². The quantitative estimate of drug-likeness (QED) is 0.318. The number of aromatic nitrogens is 3. The smallest absolute Gasteiger partial charge is 0.234 e. The van der Waals surface area contributed by atoms with E-state index in [-0.39, 0.29) is 17.8 Å². The van der Waals surface area contributed by atoms with Crippen LogP contribution in [0.4, 0.5) is 5.69 Å². The molecule has 0 aliphatic rings. The first-order chi connectivity index (χ1) is 15.4. The lowest BCUT2D eigenvalue weighted by molar-refractivity contribution is -0.113. The Morgan fingerprint density at radius 2 is 2.09 bits per heavy atom. The summed E-state index contributed by atoms with van der Waals surface area (Å²) in [5.74, 6) is 2.04. The second-order valence-electron chi connectivity index (χ2n) is 6.98. The van der Waals surface area contributed by atoms with Gasteiger partial charge in [-0.15, -0.1) is 16.8 Å². The molecule has 0 bridgehead atoms. The van der Waals surface area contributed by atoms with Crippen molar-refractivity contribution >= 4 is 35.0 Å². The van der Waals surface area contributed by atoms with Crippen LogP contribution in [0, 0.1) is 6.92 Å². The standard InChI is InChI=1S/C23H25ClN4O3S/c1-5-11-28-22(16(3)31-19-9-10-20(24)15(2)12-19)26-27-23(28)32-14-21(29)25-17-7-6-8-18(13-17)30-4/h5-10,12-13,16H,1,11,14H2,2-4H3,(H,25,29). The lowest BCUT2D eigenvalue weighted by Crippen LogP contribution is -2.15. The summed E-state index contributed by atoms with van der Waals surface area (Å²) in [5, 5.41) is 12.7. The Morgan fingerprint density at radius 1 is 1.28 bits per heavy atom. The average Bonchev–Trinajstić information content (AvgIpc) is 3.18. The van der Waals surface area contributed by atoms with Gasteiger partial charge in [0.2, 0.25) is 5.91 Å². The predicted molar refractivity (Wildman–Crippen MR) is 128 cm³/mol. The molecule has 1 unspecified atom stereocenters. The zero-order chi connectivity index (χ0) is 23.1. The van der Waals surface area contributed by atoms with Crippen molar-refractivity contribution in [1.82, 2.24) is 14.8 Å². The van der Waals surface area contributed by atoms with Gasteiger partial charge in [-0.2, -0.15) is 0 Å². The van der Waals surface area contributed by atoms with Crippen LogP contribution in [0.1, 0.15) is 24.4 Å². The highest BCUT2D eigenvalue weighted by Gasteiger charge is 2.20. The van der Waals surface area contributed by atoms with Crippen LogP contribution in [0.5, 0.6) is 11.5 Å². The van der Waals surface area contributed by atoms with Crippen LogP contribution >= 0.6 is 23.4 Å². The summed E-state index contributed by atoms with van der Waals surface area (Å²) >= 11 is 7.39. The molecule has 1 N–H and O–H groups in total. The number of anilines is 1. The fourth-order valence-corrected chi connectivity index (χ4v) is 3.86. The monoisotopic (exact) mass is 472 g/mol. The first kappa shape index (κ1) is 23.7. The molecule has 0 spiro atoms. The molecule has 1 heterocycles. The van der Waals surface area contributed by atoms with E-state index in [0.717, 1.165) is 5.56 Å². The van der Waals surface area contributed by atoms with E-state index in [4.69, 9.17) is 21.1 Å². The maximum absolute atomic E-state index is 12.4. The summed E-state index contributed by atoms with van der Waals surface area (Å²) < 4.78 is 13.1. The summed E-state index contributed by atoms with van der Waals surface area (Å²) in [6, 6.07) is 12.7. The van der Waals surface area contributed by atoms with Gasteiger partial charge >= 0.3 is 0 Å². The molecule has 3 aromatic rings. The molecule has 0 saturated heterocycles. The largest absolute Gasteiger partial charge is 0.497 e. The molecular formula is C23H25ClN4O3S. The number of benzene rings is 2. The number of allylic oxidation sites excluding steroid dienone is 1. The van der Waals surface area contributed by atoms with Crippen LogP contribution in [0.15, 0.2) is 60.3 Å². The van der Waals surface area contributed by atoms with Crippen LogP contribution in [-0.2, 0) is 11.3 Å². The Hall–Kier alpha value is -2.97. The number of aryl methyl sites for hydroxylation is 1. The third-order valence-electron chi connectivity index (χ3n) is 4.55. The molecule has 32 heavy (non-hydrogen) atoms. The molecule has 0 aliphatic heterocycles.